The quantitative estimate of drug-likeness (QED) is 0.776. The average Bonchev–Trinajstić information content (AvgIpc) is 3.29. The van der Waals surface area contributed by atoms with E-state index in [4.69, 9.17) is 0 Å². The lowest BCUT2D eigenvalue weighted by Crippen LogP contribution is -2.38. The molecule has 0 radical (unpaired) electrons. The van der Waals surface area contributed by atoms with Gasteiger partial charge in [0.2, 0.25) is 0 Å². The molecule has 1 aromatic heterocycles. The van der Waals surface area contributed by atoms with E-state index in [2.05, 4.69) is 34.4 Å². The van der Waals surface area contributed by atoms with E-state index in [1.807, 2.05) is 12.3 Å². The summed E-state index contributed by atoms with van der Waals surface area (Å²) in [5.41, 5.74) is 1.16. The minimum atomic E-state index is 0.822. The lowest BCUT2D eigenvalue weighted by molar-refractivity contribution is 0.302. The van der Waals surface area contributed by atoms with Crippen LogP contribution >= 0.6 is 0 Å². The van der Waals surface area contributed by atoms with Crippen LogP contribution in [0.3, 0.4) is 0 Å². The molecular weight excluding hydrogens is 234 g/mol. The van der Waals surface area contributed by atoms with Crippen LogP contribution in [0.15, 0.2) is 24.4 Å². The van der Waals surface area contributed by atoms with Crippen LogP contribution in [0.4, 0.5) is 0 Å². The molecule has 0 aliphatic heterocycles. The van der Waals surface area contributed by atoms with Crippen LogP contribution in [-0.4, -0.2) is 36.1 Å². The Morgan fingerprint density at radius 3 is 2.58 bits per heavy atom. The number of aromatic nitrogens is 1. The van der Waals surface area contributed by atoms with E-state index in [0.717, 1.165) is 43.2 Å². The van der Waals surface area contributed by atoms with E-state index in [-0.39, 0.29) is 0 Å². The van der Waals surface area contributed by atoms with Gasteiger partial charge in [0.1, 0.15) is 0 Å². The highest BCUT2D eigenvalue weighted by atomic mass is 15.1. The number of rotatable bonds is 8. The van der Waals surface area contributed by atoms with Crippen molar-refractivity contribution in [3.63, 3.8) is 0 Å². The van der Waals surface area contributed by atoms with E-state index >= 15 is 0 Å². The van der Waals surface area contributed by atoms with Crippen molar-refractivity contribution in [3.8, 4) is 0 Å². The van der Waals surface area contributed by atoms with Gasteiger partial charge in [-0.2, -0.15) is 0 Å². The summed E-state index contributed by atoms with van der Waals surface area (Å²) < 4.78 is 0. The normalized spacial score (nSPS) is 19.3. The second-order valence-electron chi connectivity index (χ2n) is 6.21. The minimum absolute atomic E-state index is 0.822. The molecule has 2 fully saturated rings. The van der Waals surface area contributed by atoms with Crippen molar-refractivity contribution in [2.45, 2.75) is 38.3 Å². The number of likely N-dealkylation sites (N-methyl/N-ethyl adjacent to an activating group) is 1. The van der Waals surface area contributed by atoms with Gasteiger partial charge in [-0.1, -0.05) is 6.07 Å². The van der Waals surface area contributed by atoms with Crippen molar-refractivity contribution >= 4 is 0 Å². The molecule has 0 atom stereocenters. The summed E-state index contributed by atoms with van der Waals surface area (Å²) in [4.78, 5) is 6.73. The third-order valence-corrected chi connectivity index (χ3v) is 4.29. The molecule has 1 aromatic rings. The monoisotopic (exact) mass is 259 g/mol. The van der Waals surface area contributed by atoms with Gasteiger partial charge in [0, 0.05) is 31.9 Å². The van der Waals surface area contributed by atoms with Crippen molar-refractivity contribution in [1.82, 2.24) is 15.2 Å². The summed E-state index contributed by atoms with van der Waals surface area (Å²) in [5, 5.41) is 3.80. The summed E-state index contributed by atoms with van der Waals surface area (Å²) >= 11 is 0. The van der Waals surface area contributed by atoms with Crippen molar-refractivity contribution in [1.29, 1.82) is 0 Å². The summed E-state index contributed by atoms with van der Waals surface area (Å²) in [6, 6.07) is 6.95. The first-order valence-corrected chi connectivity index (χ1v) is 7.65. The first-order valence-electron chi connectivity index (χ1n) is 7.65. The molecule has 3 nitrogen and oxygen atoms in total. The van der Waals surface area contributed by atoms with Gasteiger partial charge in [-0.25, -0.2) is 0 Å². The van der Waals surface area contributed by atoms with Gasteiger partial charge in [-0.15, -0.1) is 0 Å². The van der Waals surface area contributed by atoms with Crippen molar-refractivity contribution in [2.75, 3.05) is 20.1 Å². The minimum Gasteiger partial charge on any atom is -0.312 e. The Morgan fingerprint density at radius 2 is 2.00 bits per heavy atom. The first kappa shape index (κ1) is 13.1. The summed E-state index contributed by atoms with van der Waals surface area (Å²) in [7, 11) is 2.18. The predicted molar refractivity (Wildman–Crippen MR) is 77.8 cm³/mol. The Labute approximate surface area is 116 Å². The average molecular weight is 259 g/mol. The fourth-order valence-electron chi connectivity index (χ4n) is 2.90. The first-order chi connectivity index (χ1) is 9.33. The zero-order valence-corrected chi connectivity index (χ0v) is 11.9. The molecule has 19 heavy (non-hydrogen) atoms. The maximum atomic E-state index is 4.38. The van der Waals surface area contributed by atoms with E-state index in [9.17, 15) is 0 Å². The van der Waals surface area contributed by atoms with Crippen LogP contribution in [0.1, 0.15) is 31.4 Å². The highest BCUT2D eigenvalue weighted by Crippen LogP contribution is 2.44. The lowest BCUT2D eigenvalue weighted by Gasteiger charge is -2.21. The number of hydrogen-bond acceptors (Lipinski definition) is 3. The molecule has 2 aliphatic carbocycles. The Bertz CT molecular complexity index is 372. The van der Waals surface area contributed by atoms with E-state index in [0.29, 0.717) is 0 Å². The second kappa shape index (κ2) is 6.02. The maximum absolute atomic E-state index is 4.38. The smallest absolute Gasteiger partial charge is 0.0543 e. The molecule has 104 valence electrons. The van der Waals surface area contributed by atoms with Gasteiger partial charge in [0.25, 0.3) is 0 Å². The molecule has 2 saturated carbocycles. The number of nitrogens with one attached hydrogen (secondary N) is 1. The third kappa shape index (κ3) is 4.02. The molecule has 0 bridgehead atoms. The Balaban J connectivity index is 1.37. The van der Waals surface area contributed by atoms with Gasteiger partial charge in [-0.05, 0) is 56.7 Å². The summed E-state index contributed by atoms with van der Waals surface area (Å²) in [5.74, 6) is 1.99. The number of hydrogen-bond donors (Lipinski definition) is 1. The van der Waals surface area contributed by atoms with Gasteiger partial charge in [0.15, 0.2) is 0 Å². The molecule has 3 rings (SSSR count). The van der Waals surface area contributed by atoms with Crippen LogP contribution in [0.5, 0.6) is 0 Å². The van der Waals surface area contributed by atoms with Crippen molar-refractivity contribution in [2.24, 2.45) is 11.8 Å². The SMILES string of the molecule is CN(CCNC(C1CC1)C1CC1)Cc1ccccn1. The number of pyridine rings is 1. The fourth-order valence-corrected chi connectivity index (χ4v) is 2.90. The largest absolute Gasteiger partial charge is 0.312 e. The Kier molecular flexibility index (Phi) is 4.14. The van der Waals surface area contributed by atoms with Crippen LogP contribution in [0.25, 0.3) is 0 Å². The van der Waals surface area contributed by atoms with Gasteiger partial charge in [-0.3, -0.25) is 9.88 Å². The third-order valence-electron chi connectivity index (χ3n) is 4.29. The molecule has 1 N–H and O–H groups in total. The highest BCUT2D eigenvalue weighted by molar-refractivity contribution is 5.03. The zero-order chi connectivity index (χ0) is 13.1. The molecule has 0 amide bonds. The molecule has 2 aliphatic rings. The predicted octanol–water partition coefficient (Wildman–Crippen LogP) is 2.29. The number of nitrogens with zero attached hydrogens (tertiary/aromatic N) is 2. The van der Waals surface area contributed by atoms with Gasteiger partial charge >= 0.3 is 0 Å². The van der Waals surface area contributed by atoms with Gasteiger partial charge < -0.3 is 5.32 Å². The highest BCUT2D eigenvalue weighted by Gasteiger charge is 2.40. The molecule has 1 heterocycles. The lowest BCUT2D eigenvalue weighted by atomic mass is 10.1. The van der Waals surface area contributed by atoms with Crippen LogP contribution in [0.2, 0.25) is 0 Å². The Hall–Kier alpha value is -0.930. The van der Waals surface area contributed by atoms with E-state index in [1.54, 1.807) is 0 Å². The van der Waals surface area contributed by atoms with Crippen molar-refractivity contribution in [3.05, 3.63) is 30.1 Å². The standard InChI is InChI=1S/C16H25N3/c1-19(12-15-4-2-3-9-17-15)11-10-18-16(13-5-6-13)14-7-8-14/h2-4,9,13-14,16,18H,5-8,10-12H2,1H3. The zero-order valence-electron chi connectivity index (χ0n) is 11.9. The molecule has 0 aromatic carbocycles. The van der Waals surface area contributed by atoms with Crippen molar-refractivity contribution < 1.29 is 0 Å². The summed E-state index contributed by atoms with van der Waals surface area (Å²) in [6.07, 6.45) is 7.70. The molecule has 3 heteroatoms. The maximum Gasteiger partial charge on any atom is 0.0543 e. The Morgan fingerprint density at radius 1 is 1.26 bits per heavy atom. The molecule has 0 spiro atoms. The van der Waals surface area contributed by atoms with Crippen LogP contribution in [0, 0.1) is 11.8 Å². The fraction of sp³-hybridized carbons (Fsp3) is 0.688. The second-order valence-corrected chi connectivity index (χ2v) is 6.21. The van der Waals surface area contributed by atoms with Crippen LogP contribution in [-0.2, 0) is 6.54 Å². The summed E-state index contributed by atoms with van der Waals surface area (Å²) in [6.45, 7) is 3.16. The molecule has 0 saturated heterocycles. The molecule has 0 unspecified atom stereocenters. The molecular formula is C16H25N3. The topological polar surface area (TPSA) is 28.2 Å². The van der Waals surface area contributed by atoms with Gasteiger partial charge in [0.05, 0.1) is 5.69 Å². The van der Waals surface area contributed by atoms with Crippen LogP contribution < -0.4 is 5.32 Å². The van der Waals surface area contributed by atoms with E-state index < -0.39 is 0 Å². The van der Waals surface area contributed by atoms with E-state index in [1.165, 1.54) is 25.7 Å².